The first kappa shape index (κ1) is 12.7. The summed E-state index contributed by atoms with van der Waals surface area (Å²) in [6, 6.07) is 6.25. The summed E-state index contributed by atoms with van der Waals surface area (Å²) in [7, 11) is 0. The molecule has 1 N–H and O–H groups in total. The lowest BCUT2D eigenvalue weighted by atomic mass is 10.1. The van der Waals surface area contributed by atoms with Crippen LogP contribution < -0.4 is 0 Å². The number of nitro benzene ring substituents is 1. The molecule has 2 rings (SSSR count). The molecule has 2 aromatic rings. The zero-order valence-corrected chi connectivity index (χ0v) is 9.89. The van der Waals surface area contributed by atoms with Crippen molar-refractivity contribution >= 4 is 11.7 Å². The van der Waals surface area contributed by atoms with Gasteiger partial charge in [-0.1, -0.05) is 12.1 Å². The Hall–Kier alpha value is -2.70. The second-order valence-corrected chi connectivity index (χ2v) is 3.97. The standard InChI is InChI=1S/C12H11N3O4/c16-12(17)10-7-13-14(8-10)6-5-9-1-3-11(4-2-9)15(18)19/h1-4,7-8H,5-6H2,(H,16,17). The number of aryl methyl sites for hydroxylation is 2. The normalized spacial score (nSPS) is 10.3. The van der Waals surface area contributed by atoms with Crippen LogP contribution in [0.15, 0.2) is 36.7 Å². The first-order valence-corrected chi connectivity index (χ1v) is 5.55. The summed E-state index contributed by atoms with van der Waals surface area (Å²) in [6.07, 6.45) is 3.37. The van der Waals surface area contributed by atoms with Gasteiger partial charge in [0.1, 0.15) is 0 Å². The van der Waals surface area contributed by atoms with Crippen LogP contribution in [0.3, 0.4) is 0 Å². The lowest BCUT2D eigenvalue weighted by Crippen LogP contribution is -2.02. The Labute approximate surface area is 108 Å². The molecule has 7 nitrogen and oxygen atoms in total. The van der Waals surface area contributed by atoms with E-state index in [2.05, 4.69) is 5.10 Å². The molecule has 7 heteroatoms. The third-order valence-corrected chi connectivity index (χ3v) is 2.66. The maximum Gasteiger partial charge on any atom is 0.338 e. The van der Waals surface area contributed by atoms with Crippen molar-refractivity contribution in [2.24, 2.45) is 0 Å². The Morgan fingerprint density at radius 2 is 2.05 bits per heavy atom. The number of non-ortho nitro benzene ring substituents is 1. The molecule has 1 aromatic carbocycles. The second-order valence-electron chi connectivity index (χ2n) is 3.97. The van der Waals surface area contributed by atoms with E-state index in [1.54, 1.807) is 12.1 Å². The van der Waals surface area contributed by atoms with E-state index in [9.17, 15) is 14.9 Å². The summed E-state index contributed by atoms with van der Waals surface area (Å²) in [4.78, 5) is 20.7. The zero-order chi connectivity index (χ0) is 13.8. The Kier molecular flexibility index (Phi) is 3.56. The zero-order valence-electron chi connectivity index (χ0n) is 9.89. The Morgan fingerprint density at radius 1 is 1.37 bits per heavy atom. The molecule has 0 saturated carbocycles. The van der Waals surface area contributed by atoms with Crippen molar-refractivity contribution in [2.45, 2.75) is 13.0 Å². The van der Waals surface area contributed by atoms with Gasteiger partial charge in [0.2, 0.25) is 0 Å². The van der Waals surface area contributed by atoms with Gasteiger partial charge in [0.25, 0.3) is 5.69 Å². The summed E-state index contributed by atoms with van der Waals surface area (Å²) in [6.45, 7) is 0.519. The molecule has 0 atom stereocenters. The average Bonchev–Trinajstić information content (AvgIpc) is 2.86. The number of aromatic carboxylic acids is 1. The summed E-state index contributed by atoms with van der Waals surface area (Å²) in [5, 5.41) is 23.2. The summed E-state index contributed by atoms with van der Waals surface area (Å²) in [5.41, 5.74) is 1.12. The number of nitro groups is 1. The van der Waals surface area contributed by atoms with Gasteiger partial charge in [-0.2, -0.15) is 5.10 Å². The van der Waals surface area contributed by atoms with E-state index in [4.69, 9.17) is 5.11 Å². The molecular weight excluding hydrogens is 250 g/mol. The van der Waals surface area contributed by atoms with Gasteiger partial charge in [-0.05, 0) is 12.0 Å². The molecule has 0 aliphatic carbocycles. The highest BCUT2D eigenvalue weighted by atomic mass is 16.6. The Morgan fingerprint density at radius 3 is 2.58 bits per heavy atom. The van der Waals surface area contributed by atoms with Gasteiger partial charge < -0.3 is 5.11 Å². The molecule has 98 valence electrons. The van der Waals surface area contributed by atoms with E-state index in [0.29, 0.717) is 13.0 Å². The number of aromatic nitrogens is 2. The first-order valence-electron chi connectivity index (χ1n) is 5.55. The fraction of sp³-hybridized carbons (Fsp3) is 0.167. The number of carbonyl (C=O) groups is 1. The van der Waals surface area contributed by atoms with Gasteiger partial charge in [-0.3, -0.25) is 14.8 Å². The van der Waals surface area contributed by atoms with Gasteiger partial charge in [-0.25, -0.2) is 4.79 Å². The number of benzene rings is 1. The molecule has 0 saturated heterocycles. The number of rotatable bonds is 5. The number of carboxylic acid groups (broad SMARTS) is 1. The van der Waals surface area contributed by atoms with Gasteiger partial charge in [0, 0.05) is 24.9 Å². The molecule has 1 aromatic heterocycles. The highest BCUT2D eigenvalue weighted by molar-refractivity contribution is 5.86. The highest BCUT2D eigenvalue weighted by Crippen LogP contribution is 2.12. The Bertz CT molecular complexity index is 604. The average molecular weight is 261 g/mol. The quantitative estimate of drug-likeness (QED) is 0.652. The van der Waals surface area contributed by atoms with E-state index < -0.39 is 10.9 Å². The van der Waals surface area contributed by atoms with Crippen LogP contribution in [0.1, 0.15) is 15.9 Å². The van der Waals surface area contributed by atoms with Crippen LogP contribution in [-0.2, 0) is 13.0 Å². The van der Waals surface area contributed by atoms with E-state index in [1.165, 1.54) is 29.2 Å². The molecule has 0 aliphatic rings. The molecule has 0 aliphatic heterocycles. The fourth-order valence-corrected chi connectivity index (χ4v) is 1.62. The molecule has 19 heavy (non-hydrogen) atoms. The van der Waals surface area contributed by atoms with E-state index in [0.717, 1.165) is 5.56 Å². The van der Waals surface area contributed by atoms with Crippen molar-refractivity contribution in [1.29, 1.82) is 0 Å². The van der Waals surface area contributed by atoms with Crippen LogP contribution in [0.5, 0.6) is 0 Å². The molecular formula is C12H11N3O4. The van der Waals surface area contributed by atoms with E-state index >= 15 is 0 Å². The van der Waals surface area contributed by atoms with Crippen molar-refractivity contribution in [3.05, 3.63) is 57.9 Å². The third-order valence-electron chi connectivity index (χ3n) is 2.66. The fourth-order valence-electron chi connectivity index (χ4n) is 1.62. The SMILES string of the molecule is O=C(O)c1cnn(CCc2ccc([N+](=O)[O-])cc2)c1. The van der Waals surface area contributed by atoms with Gasteiger partial charge in [0.15, 0.2) is 0 Å². The number of hydrogen-bond donors (Lipinski definition) is 1. The van der Waals surface area contributed by atoms with Gasteiger partial charge in [0.05, 0.1) is 16.7 Å². The number of carboxylic acids is 1. The van der Waals surface area contributed by atoms with Crippen molar-refractivity contribution in [1.82, 2.24) is 9.78 Å². The molecule has 0 bridgehead atoms. The molecule has 0 spiro atoms. The largest absolute Gasteiger partial charge is 0.478 e. The number of nitrogens with zero attached hydrogens (tertiary/aromatic N) is 3. The molecule has 0 fully saturated rings. The Balaban J connectivity index is 1.97. The minimum atomic E-state index is -1.01. The van der Waals surface area contributed by atoms with Crippen LogP contribution in [0, 0.1) is 10.1 Å². The lowest BCUT2D eigenvalue weighted by molar-refractivity contribution is -0.384. The monoisotopic (exact) mass is 261 g/mol. The molecule has 0 unspecified atom stereocenters. The number of hydrogen-bond acceptors (Lipinski definition) is 4. The van der Waals surface area contributed by atoms with E-state index in [-0.39, 0.29) is 11.3 Å². The molecule has 1 heterocycles. The van der Waals surface area contributed by atoms with Crippen molar-refractivity contribution in [2.75, 3.05) is 0 Å². The van der Waals surface area contributed by atoms with Crippen LogP contribution in [0.4, 0.5) is 5.69 Å². The maximum absolute atomic E-state index is 10.7. The van der Waals surface area contributed by atoms with Crippen molar-refractivity contribution in [3.8, 4) is 0 Å². The van der Waals surface area contributed by atoms with Crippen LogP contribution >= 0.6 is 0 Å². The van der Waals surface area contributed by atoms with Crippen LogP contribution in [0.2, 0.25) is 0 Å². The summed E-state index contributed by atoms with van der Waals surface area (Å²) >= 11 is 0. The predicted molar refractivity (Wildman–Crippen MR) is 66.0 cm³/mol. The van der Waals surface area contributed by atoms with Gasteiger partial charge >= 0.3 is 5.97 Å². The van der Waals surface area contributed by atoms with Crippen LogP contribution in [-0.4, -0.2) is 25.8 Å². The first-order chi connectivity index (χ1) is 9.06. The van der Waals surface area contributed by atoms with Crippen molar-refractivity contribution in [3.63, 3.8) is 0 Å². The van der Waals surface area contributed by atoms with Crippen molar-refractivity contribution < 1.29 is 14.8 Å². The third kappa shape index (κ3) is 3.15. The predicted octanol–water partition coefficient (Wildman–Crippen LogP) is 1.73. The topological polar surface area (TPSA) is 98.3 Å². The smallest absolute Gasteiger partial charge is 0.338 e. The maximum atomic E-state index is 10.7. The lowest BCUT2D eigenvalue weighted by Gasteiger charge is -2.01. The van der Waals surface area contributed by atoms with Crippen LogP contribution in [0.25, 0.3) is 0 Å². The van der Waals surface area contributed by atoms with Gasteiger partial charge in [-0.15, -0.1) is 0 Å². The summed E-state index contributed by atoms with van der Waals surface area (Å²) in [5.74, 6) is -1.01. The second kappa shape index (κ2) is 5.30. The van der Waals surface area contributed by atoms with E-state index in [1.807, 2.05) is 0 Å². The minimum Gasteiger partial charge on any atom is -0.478 e. The summed E-state index contributed by atoms with van der Waals surface area (Å²) < 4.78 is 1.53. The minimum absolute atomic E-state index is 0.0519. The highest BCUT2D eigenvalue weighted by Gasteiger charge is 2.07. The molecule has 0 radical (unpaired) electrons. The molecule has 0 amide bonds.